The van der Waals surface area contributed by atoms with E-state index in [0.717, 1.165) is 60.1 Å². The Kier molecular flexibility index (Phi) is 5.11. The van der Waals surface area contributed by atoms with Crippen molar-refractivity contribution in [3.63, 3.8) is 0 Å². The Bertz CT molecular complexity index is 1100. The number of sulfone groups is 1. The molecular weight excluding hydrogens is 368 g/mol. The topological polar surface area (TPSA) is 50.3 Å². The molecule has 0 spiro atoms. The quantitative estimate of drug-likeness (QED) is 0.630. The van der Waals surface area contributed by atoms with E-state index in [1.807, 2.05) is 31.2 Å². The molecule has 0 unspecified atom stereocenters. The Morgan fingerprint density at radius 2 is 1.71 bits per heavy atom. The van der Waals surface area contributed by atoms with Crippen LogP contribution < -0.4 is 4.90 Å². The van der Waals surface area contributed by atoms with Crippen LogP contribution in [0.25, 0.3) is 10.9 Å². The van der Waals surface area contributed by atoms with Crippen LogP contribution in [0.15, 0.2) is 58.5 Å². The maximum Gasteiger partial charge on any atom is 0.210 e. The summed E-state index contributed by atoms with van der Waals surface area (Å²) < 4.78 is 27.1. The molecule has 1 aromatic heterocycles. The van der Waals surface area contributed by atoms with Crippen molar-refractivity contribution in [2.75, 3.05) is 18.0 Å². The highest BCUT2D eigenvalue weighted by Gasteiger charge is 2.27. The van der Waals surface area contributed by atoms with E-state index >= 15 is 0 Å². The molecule has 4 nitrogen and oxygen atoms in total. The van der Waals surface area contributed by atoms with Gasteiger partial charge in [-0.1, -0.05) is 30.7 Å². The zero-order valence-corrected chi connectivity index (χ0v) is 17.3. The summed E-state index contributed by atoms with van der Waals surface area (Å²) in [6.45, 7) is 5.85. The van der Waals surface area contributed by atoms with Gasteiger partial charge < -0.3 is 4.90 Å². The van der Waals surface area contributed by atoms with Crippen molar-refractivity contribution < 1.29 is 8.42 Å². The van der Waals surface area contributed by atoms with Gasteiger partial charge in [0, 0.05) is 24.7 Å². The Morgan fingerprint density at radius 1 is 1.00 bits per heavy atom. The first-order chi connectivity index (χ1) is 13.5. The molecule has 28 heavy (non-hydrogen) atoms. The normalized spacial score (nSPS) is 15.1. The molecule has 0 amide bonds. The molecule has 4 rings (SSSR count). The number of nitrogens with zero attached hydrogens (tertiary/aromatic N) is 2. The minimum Gasteiger partial charge on any atom is -0.370 e. The van der Waals surface area contributed by atoms with E-state index in [-0.39, 0.29) is 0 Å². The molecule has 5 heteroatoms. The van der Waals surface area contributed by atoms with Crippen molar-refractivity contribution in [2.45, 2.75) is 49.3 Å². The van der Waals surface area contributed by atoms with Gasteiger partial charge in [-0.25, -0.2) is 8.42 Å². The van der Waals surface area contributed by atoms with Crippen LogP contribution >= 0.6 is 0 Å². The predicted octanol–water partition coefficient (Wildman–Crippen LogP) is 4.93. The number of rotatable bonds is 4. The standard InChI is InChI=1S/C23H26N2O2S/c1-3-18-8-10-19(11-9-18)28(26,27)22-16-24-21-12-7-17(2)15-20(21)23(22)25-13-5-4-6-14-25/h7-12,15-16H,3-6,13-14H2,1-2H3. The summed E-state index contributed by atoms with van der Waals surface area (Å²) in [6, 6.07) is 13.3. The lowest BCUT2D eigenvalue weighted by Gasteiger charge is -2.31. The van der Waals surface area contributed by atoms with E-state index in [4.69, 9.17) is 0 Å². The first-order valence-corrected chi connectivity index (χ1v) is 11.5. The molecule has 0 saturated carbocycles. The number of piperidine rings is 1. The second-order valence-corrected chi connectivity index (χ2v) is 9.46. The number of anilines is 1. The lowest BCUT2D eigenvalue weighted by atomic mass is 10.1. The van der Waals surface area contributed by atoms with Crippen LogP contribution in [0.5, 0.6) is 0 Å². The number of pyridine rings is 1. The Labute approximate surface area is 167 Å². The number of aromatic nitrogens is 1. The smallest absolute Gasteiger partial charge is 0.210 e. The molecule has 3 aromatic rings. The van der Waals surface area contributed by atoms with E-state index in [1.54, 1.807) is 18.3 Å². The zero-order chi connectivity index (χ0) is 19.7. The molecule has 0 radical (unpaired) electrons. The second-order valence-electron chi connectivity index (χ2n) is 7.54. The van der Waals surface area contributed by atoms with Crippen LogP contribution in [0.4, 0.5) is 5.69 Å². The fraction of sp³-hybridized carbons (Fsp3) is 0.348. The number of hydrogen-bond donors (Lipinski definition) is 0. The third kappa shape index (κ3) is 3.39. The molecule has 2 aromatic carbocycles. The Balaban J connectivity index is 1.94. The van der Waals surface area contributed by atoms with Gasteiger partial charge in [-0.3, -0.25) is 4.98 Å². The molecule has 1 aliphatic heterocycles. The van der Waals surface area contributed by atoms with Gasteiger partial charge in [-0.15, -0.1) is 0 Å². The minimum absolute atomic E-state index is 0.316. The molecule has 2 heterocycles. The van der Waals surface area contributed by atoms with Crippen LogP contribution in [0.1, 0.15) is 37.3 Å². The summed E-state index contributed by atoms with van der Waals surface area (Å²) in [4.78, 5) is 7.38. The predicted molar refractivity (Wildman–Crippen MR) is 114 cm³/mol. The third-order valence-electron chi connectivity index (χ3n) is 5.57. The molecule has 1 aliphatic rings. The average molecular weight is 395 g/mol. The lowest BCUT2D eigenvalue weighted by molar-refractivity contribution is 0.571. The van der Waals surface area contributed by atoms with Crippen LogP contribution in [-0.2, 0) is 16.3 Å². The number of hydrogen-bond acceptors (Lipinski definition) is 4. The molecule has 0 aliphatic carbocycles. The summed E-state index contributed by atoms with van der Waals surface area (Å²) >= 11 is 0. The second kappa shape index (κ2) is 7.55. The van der Waals surface area contributed by atoms with Crippen LogP contribution in [-0.4, -0.2) is 26.5 Å². The van der Waals surface area contributed by atoms with Gasteiger partial charge in [0.05, 0.1) is 16.1 Å². The molecule has 0 N–H and O–H groups in total. The van der Waals surface area contributed by atoms with Crippen molar-refractivity contribution >= 4 is 26.4 Å². The van der Waals surface area contributed by atoms with Crippen LogP contribution in [0.2, 0.25) is 0 Å². The van der Waals surface area contributed by atoms with Crippen LogP contribution in [0, 0.1) is 6.92 Å². The van der Waals surface area contributed by atoms with Crippen molar-refractivity contribution in [3.05, 3.63) is 59.8 Å². The summed E-state index contributed by atoms with van der Waals surface area (Å²) in [7, 11) is -3.65. The average Bonchev–Trinajstić information content (AvgIpc) is 2.73. The van der Waals surface area contributed by atoms with E-state index in [2.05, 4.69) is 22.9 Å². The van der Waals surface area contributed by atoms with Gasteiger partial charge in [-0.2, -0.15) is 0 Å². The maximum atomic E-state index is 13.6. The highest BCUT2D eigenvalue weighted by Crippen LogP contribution is 2.37. The van der Waals surface area contributed by atoms with E-state index < -0.39 is 9.84 Å². The van der Waals surface area contributed by atoms with E-state index in [0.29, 0.717) is 9.79 Å². The minimum atomic E-state index is -3.65. The third-order valence-corrected chi connectivity index (χ3v) is 7.34. The molecule has 0 bridgehead atoms. The SMILES string of the molecule is CCc1ccc(S(=O)(=O)c2cnc3ccc(C)cc3c2N2CCCCC2)cc1. The first-order valence-electron chi connectivity index (χ1n) is 9.99. The fourth-order valence-electron chi connectivity index (χ4n) is 3.95. The van der Waals surface area contributed by atoms with Gasteiger partial charge in [0.2, 0.25) is 9.84 Å². The monoisotopic (exact) mass is 394 g/mol. The fourth-order valence-corrected chi connectivity index (χ4v) is 5.38. The molecular formula is C23H26N2O2S. The van der Waals surface area contributed by atoms with Gasteiger partial charge in [0.15, 0.2) is 0 Å². The summed E-state index contributed by atoms with van der Waals surface area (Å²) in [5, 5.41) is 0.924. The number of aryl methyl sites for hydroxylation is 2. The summed E-state index contributed by atoms with van der Waals surface area (Å²) in [5.74, 6) is 0. The highest BCUT2D eigenvalue weighted by molar-refractivity contribution is 7.91. The van der Waals surface area contributed by atoms with E-state index in [9.17, 15) is 8.42 Å². The largest absolute Gasteiger partial charge is 0.370 e. The molecule has 1 saturated heterocycles. The zero-order valence-electron chi connectivity index (χ0n) is 16.5. The van der Waals surface area contributed by atoms with Crippen molar-refractivity contribution in [2.24, 2.45) is 0 Å². The first kappa shape index (κ1) is 18.9. The van der Waals surface area contributed by atoms with Crippen molar-refractivity contribution in [1.29, 1.82) is 0 Å². The van der Waals surface area contributed by atoms with Gasteiger partial charge in [0.25, 0.3) is 0 Å². The lowest BCUT2D eigenvalue weighted by Crippen LogP contribution is -2.31. The Morgan fingerprint density at radius 3 is 2.39 bits per heavy atom. The number of fused-ring (bicyclic) bond motifs is 1. The molecule has 146 valence electrons. The maximum absolute atomic E-state index is 13.6. The van der Waals surface area contributed by atoms with Crippen molar-refractivity contribution in [3.8, 4) is 0 Å². The number of benzene rings is 2. The summed E-state index contributed by atoms with van der Waals surface area (Å²) in [6.07, 6.45) is 5.79. The highest BCUT2D eigenvalue weighted by atomic mass is 32.2. The van der Waals surface area contributed by atoms with Crippen molar-refractivity contribution in [1.82, 2.24) is 4.98 Å². The van der Waals surface area contributed by atoms with Gasteiger partial charge in [0.1, 0.15) is 4.90 Å². The van der Waals surface area contributed by atoms with Gasteiger partial charge >= 0.3 is 0 Å². The Hall–Kier alpha value is -2.40. The summed E-state index contributed by atoms with van der Waals surface area (Å²) in [5.41, 5.74) is 3.89. The van der Waals surface area contributed by atoms with Crippen LogP contribution in [0.3, 0.4) is 0 Å². The van der Waals surface area contributed by atoms with Gasteiger partial charge in [-0.05, 0) is 62.4 Å². The molecule has 0 atom stereocenters. The molecule has 1 fully saturated rings. The van der Waals surface area contributed by atoms with E-state index in [1.165, 1.54) is 6.42 Å².